The number of fused-ring (bicyclic) bond motifs is 2. The van der Waals surface area contributed by atoms with E-state index in [0.29, 0.717) is 0 Å². The molecule has 1 fully saturated rings. The molecule has 0 saturated carbocycles. The second kappa shape index (κ2) is 7.14. The van der Waals surface area contributed by atoms with E-state index < -0.39 is 0 Å². The van der Waals surface area contributed by atoms with E-state index in [9.17, 15) is 5.11 Å². The lowest BCUT2D eigenvalue weighted by Crippen LogP contribution is -2.89. The Labute approximate surface area is 178 Å². The van der Waals surface area contributed by atoms with Gasteiger partial charge in [0.1, 0.15) is 30.5 Å². The van der Waals surface area contributed by atoms with Crippen molar-refractivity contribution in [2.24, 2.45) is 0 Å². The molecule has 153 valence electrons. The van der Waals surface area contributed by atoms with Crippen molar-refractivity contribution in [1.82, 2.24) is 19.9 Å². The number of hydrogen-bond donors (Lipinski definition) is 4. The van der Waals surface area contributed by atoms with Gasteiger partial charge in [-0.15, -0.1) is 0 Å². The highest BCUT2D eigenvalue weighted by molar-refractivity contribution is 5.87. The minimum Gasteiger partial charge on any atom is -0.508 e. The largest absolute Gasteiger partial charge is 0.508 e. The first-order valence-corrected chi connectivity index (χ1v) is 10.5. The first-order valence-electron chi connectivity index (χ1n) is 10.5. The molecule has 0 bridgehead atoms. The first kappa shape index (κ1) is 18.0. The number of piperazine rings is 1. The molecule has 3 aromatic carbocycles. The number of phenols is 1. The average Bonchev–Trinajstić information content (AvgIpc) is 3.43. The van der Waals surface area contributed by atoms with Gasteiger partial charge in [-0.3, -0.25) is 0 Å². The lowest BCUT2D eigenvalue weighted by Gasteiger charge is -2.25. The van der Waals surface area contributed by atoms with Crippen LogP contribution < -0.4 is 10.2 Å². The second-order valence-electron chi connectivity index (χ2n) is 7.89. The van der Waals surface area contributed by atoms with Crippen LogP contribution in [0.15, 0.2) is 60.7 Å². The van der Waals surface area contributed by atoms with Gasteiger partial charge in [0.05, 0.1) is 35.2 Å². The zero-order valence-electron chi connectivity index (χ0n) is 16.9. The number of phenolic OH excluding ortho intramolecular Hbond substituents is 1. The summed E-state index contributed by atoms with van der Waals surface area (Å²) in [5, 5.41) is 12.9. The van der Waals surface area contributed by atoms with Gasteiger partial charge in [0, 0.05) is 16.8 Å². The van der Waals surface area contributed by atoms with E-state index in [0.717, 1.165) is 71.0 Å². The molecule has 1 saturated heterocycles. The predicted molar refractivity (Wildman–Crippen MR) is 121 cm³/mol. The molecular weight excluding hydrogens is 388 g/mol. The number of nitrogens with one attached hydrogen (secondary N) is 3. The number of benzene rings is 3. The molecule has 31 heavy (non-hydrogen) atoms. The van der Waals surface area contributed by atoms with Crippen molar-refractivity contribution < 1.29 is 10.4 Å². The highest BCUT2D eigenvalue weighted by Gasteiger charge is 2.16. The van der Waals surface area contributed by atoms with Gasteiger partial charge >= 0.3 is 0 Å². The summed E-state index contributed by atoms with van der Waals surface area (Å²) in [5.74, 6) is 1.86. The highest BCUT2D eigenvalue weighted by Crippen LogP contribution is 2.28. The number of hydrogen-bond acceptors (Lipinski definition) is 5. The number of aromatic nitrogens is 4. The topological polar surface area (TPSA) is 96.4 Å². The predicted octanol–water partition coefficient (Wildman–Crippen LogP) is 2.65. The molecule has 0 unspecified atom stereocenters. The Balaban J connectivity index is 1.35. The van der Waals surface area contributed by atoms with Crippen LogP contribution in [-0.2, 0) is 0 Å². The van der Waals surface area contributed by atoms with Crippen LogP contribution in [0.2, 0.25) is 0 Å². The van der Waals surface area contributed by atoms with Crippen LogP contribution >= 0.6 is 0 Å². The van der Waals surface area contributed by atoms with Crippen LogP contribution in [0.5, 0.6) is 5.75 Å². The van der Waals surface area contributed by atoms with Crippen LogP contribution in [0.3, 0.4) is 0 Å². The van der Waals surface area contributed by atoms with Gasteiger partial charge in [0.25, 0.3) is 0 Å². The van der Waals surface area contributed by atoms with Crippen molar-refractivity contribution in [3.05, 3.63) is 60.7 Å². The van der Waals surface area contributed by atoms with E-state index in [1.165, 1.54) is 5.69 Å². The standard InChI is InChI=1S/C24H22N6O/c31-18-5-1-15(2-6-18)23-26-19-7-3-16(13-21(19)28-23)24-27-20-8-4-17(14-22(20)29-24)30-11-9-25-10-12-30/h1-8,13-14,25,31H,9-12H2,(H,26,28)(H,27,29)/q+1. The monoisotopic (exact) mass is 410 g/mol. The third-order valence-electron chi connectivity index (χ3n) is 5.84. The van der Waals surface area contributed by atoms with Crippen LogP contribution in [-0.4, -0.2) is 51.2 Å². The molecule has 2 aromatic heterocycles. The van der Waals surface area contributed by atoms with Gasteiger partial charge in [0.2, 0.25) is 0 Å². The molecule has 0 spiro atoms. The molecule has 0 amide bonds. The summed E-state index contributed by atoms with van der Waals surface area (Å²) < 4.78 is 0. The van der Waals surface area contributed by atoms with E-state index in [1.54, 1.807) is 12.1 Å². The summed E-state index contributed by atoms with van der Waals surface area (Å²) in [4.78, 5) is 18.7. The fourth-order valence-electron chi connectivity index (χ4n) is 4.17. The maximum atomic E-state index is 9.51. The SMILES string of the molecule is Oc1ccc(-c2nc3ccc(-c4nc5ccc(N6CC[NH+]CC6)cc5[nH]4)cc3[nH]2)cc1. The molecular formula is C24H22N6O+. The molecule has 6 rings (SSSR count). The zero-order chi connectivity index (χ0) is 20.8. The van der Waals surface area contributed by atoms with E-state index in [4.69, 9.17) is 4.98 Å². The smallest absolute Gasteiger partial charge is 0.138 e. The Morgan fingerprint density at radius 3 is 2.10 bits per heavy atom. The molecule has 7 nitrogen and oxygen atoms in total. The van der Waals surface area contributed by atoms with Crippen molar-refractivity contribution in [2.75, 3.05) is 31.1 Å². The van der Waals surface area contributed by atoms with Gasteiger partial charge in [-0.2, -0.15) is 5.32 Å². The van der Waals surface area contributed by atoms with Crippen molar-refractivity contribution in [1.29, 1.82) is 0 Å². The molecule has 1 radical (unpaired) electrons. The molecule has 5 aromatic rings. The van der Waals surface area contributed by atoms with E-state index in [2.05, 4.69) is 49.4 Å². The van der Waals surface area contributed by atoms with E-state index in [-0.39, 0.29) is 5.75 Å². The number of rotatable bonds is 3. The minimum atomic E-state index is 0.243. The van der Waals surface area contributed by atoms with Gasteiger partial charge in [-0.05, 0) is 60.7 Å². The third-order valence-corrected chi connectivity index (χ3v) is 5.84. The number of H-pyrrole nitrogens is 2. The Morgan fingerprint density at radius 2 is 1.35 bits per heavy atom. The number of aromatic amines is 2. The third kappa shape index (κ3) is 3.29. The second-order valence-corrected chi connectivity index (χ2v) is 7.89. The number of nitrogens with zero attached hydrogens (tertiary/aromatic N) is 3. The van der Waals surface area contributed by atoms with E-state index in [1.807, 2.05) is 24.3 Å². The van der Waals surface area contributed by atoms with Gasteiger partial charge in [0.15, 0.2) is 0 Å². The summed E-state index contributed by atoms with van der Waals surface area (Å²) >= 11 is 0. The summed E-state index contributed by atoms with van der Waals surface area (Å²) in [6, 6.07) is 19.6. The highest BCUT2D eigenvalue weighted by atomic mass is 16.3. The lowest BCUT2D eigenvalue weighted by atomic mass is 10.2. The molecule has 0 atom stereocenters. The summed E-state index contributed by atoms with van der Waals surface area (Å²) in [5.41, 5.74) is 7.01. The van der Waals surface area contributed by atoms with Crippen molar-refractivity contribution in [3.8, 4) is 28.5 Å². The number of aromatic hydroxyl groups is 1. The van der Waals surface area contributed by atoms with E-state index >= 15 is 0 Å². The van der Waals surface area contributed by atoms with Gasteiger partial charge in [-0.1, -0.05) is 0 Å². The molecule has 3 heterocycles. The molecule has 0 aliphatic carbocycles. The summed E-state index contributed by atoms with van der Waals surface area (Å²) in [6.07, 6.45) is 0. The quantitative estimate of drug-likeness (QED) is 0.368. The fraction of sp³-hybridized carbons (Fsp3) is 0.167. The maximum Gasteiger partial charge on any atom is 0.138 e. The van der Waals surface area contributed by atoms with Crippen molar-refractivity contribution in [2.45, 2.75) is 0 Å². The van der Waals surface area contributed by atoms with Crippen molar-refractivity contribution in [3.63, 3.8) is 0 Å². The minimum absolute atomic E-state index is 0.243. The normalized spacial score (nSPS) is 14.5. The Hall–Kier alpha value is -3.84. The fourth-order valence-corrected chi connectivity index (χ4v) is 4.17. The average molecular weight is 410 g/mol. The lowest BCUT2D eigenvalue weighted by molar-refractivity contribution is -0.655. The van der Waals surface area contributed by atoms with Crippen molar-refractivity contribution >= 4 is 27.8 Å². The van der Waals surface area contributed by atoms with Gasteiger partial charge in [-0.25, -0.2) is 9.97 Å². The Kier molecular flexibility index (Phi) is 4.14. The number of anilines is 1. The molecule has 4 N–H and O–H groups in total. The Morgan fingerprint density at radius 1 is 0.742 bits per heavy atom. The molecule has 7 heteroatoms. The van der Waals surface area contributed by atoms with Crippen LogP contribution in [0.4, 0.5) is 5.69 Å². The molecule has 1 aliphatic rings. The summed E-state index contributed by atoms with van der Waals surface area (Å²) in [7, 11) is 0. The van der Waals surface area contributed by atoms with Crippen LogP contribution in [0.25, 0.3) is 44.8 Å². The maximum absolute atomic E-state index is 9.51. The van der Waals surface area contributed by atoms with Gasteiger partial charge < -0.3 is 20.0 Å². The molecule has 1 aliphatic heterocycles. The zero-order valence-corrected chi connectivity index (χ0v) is 16.9. The number of imidazole rings is 2. The van der Waals surface area contributed by atoms with Crippen LogP contribution in [0.1, 0.15) is 0 Å². The summed E-state index contributed by atoms with van der Waals surface area (Å²) in [6.45, 7) is 4.07. The first-order chi connectivity index (χ1) is 15.2. The van der Waals surface area contributed by atoms with Crippen LogP contribution in [0, 0.1) is 0 Å². The Bertz CT molecular complexity index is 1380.